The van der Waals surface area contributed by atoms with Gasteiger partial charge in [0.05, 0.1) is 5.69 Å². The Bertz CT molecular complexity index is 381. The van der Waals surface area contributed by atoms with E-state index in [4.69, 9.17) is 0 Å². The first-order valence-corrected chi connectivity index (χ1v) is 5.11. The van der Waals surface area contributed by atoms with Crippen molar-refractivity contribution in [2.45, 2.75) is 13.3 Å². The van der Waals surface area contributed by atoms with Crippen LogP contribution in [0.15, 0.2) is 5.38 Å². The van der Waals surface area contributed by atoms with Gasteiger partial charge in [-0.05, 0) is 6.92 Å². The van der Waals surface area contributed by atoms with Gasteiger partial charge in [0.25, 0.3) is 0 Å². The minimum atomic E-state index is 0.714. The molecule has 0 aromatic carbocycles. The number of nitrogens with zero attached hydrogens (tertiary/aromatic N) is 4. The Balaban J connectivity index is 1.78. The third kappa shape index (κ3) is 2.25. The molecule has 2 aromatic heterocycles. The number of aromatic nitrogens is 5. The Morgan fingerprint density at radius 1 is 1.57 bits per heavy atom. The molecule has 0 spiro atoms. The van der Waals surface area contributed by atoms with E-state index in [0.29, 0.717) is 5.82 Å². The molecule has 0 atom stereocenters. The molecule has 0 aliphatic heterocycles. The van der Waals surface area contributed by atoms with Gasteiger partial charge in [-0.1, -0.05) is 5.21 Å². The van der Waals surface area contributed by atoms with Gasteiger partial charge in [-0.25, -0.2) is 4.98 Å². The van der Waals surface area contributed by atoms with Gasteiger partial charge in [0.1, 0.15) is 0 Å². The van der Waals surface area contributed by atoms with Crippen LogP contribution in [0.4, 0.5) is 5.13 Å². The number of H-pyrrole nitrogens is 1. The summed E-state index contributed by atoms with van der Waals surface area (Å²) in [5.41, 5.74) is 1.04. The fourth-order valence-corrected chi connectivity index (χ4v) is 1.72. The van der Waals surface area contributed by atoms with Crippen molar-refractivity contribution >= 4 is 16.5 Å². The average molecular weight is 210 g/mol. The molecule has 0 saturated heterocycles. The topological polar surface area (TPSA) is 79.4 Å². The van der Waals surface area contributed by atoms with Crippen molar-refractivity contribution in [3.63, 3.8) is 0 Å². The summed E-state index contributed by atoms with van der Waals surface area (Å²) in [6.45, 7) is 2.74. The fourth-order valence-electron chi connectivity index (χ4n) is 1.00. The molecule has 14 heavy (non-hydrogen) atoms. The van der Waals surface area contributed by atoms with E-state index in [9.17, 15) is 0 Å². The molecule has 74 valence electrons. The highest BCUT2D eigenvalue weighted by Crippen LogP contribution is 2.13. The standard InChI is InChI=1S/C7H10N6S/c1-5-4-14-7(9-5)8-3-2-6-10-12-13-11-6/h4H,2-3H2,1H3,(H,8,9)(H,10,11,12,13). The Morgan fingerprint density at radius 2 is 2.50 bits per heavy atom. The monoisotopic (exact) mass is 210 g/mol. The lowest BCUT2D eigenvalue weighted by Gasteiger charge is -1.97. The van der Waals surface area contributed by atoms with Gasteiger partial charge >= 0.3 is 0 Å². The van der Waals surface area contributed by atoms with Gasteiger partial charge in [0.15, 0.2) is 11.0 Å². The van der Waals surface area contributed by atoms with Crippen LogP contribution in [0.1, 0.15) is 11.5 Å². The smallest absolute Gasteiger partial charge is 0.182 e. The molecule has 2 N–H and O–H groups in total. The van der Waals surface area contributed by atoms with E-state index < -0.39 is 0 Å². The van der Waals surface area contributed by atoms with Crippen LogP contribution in [0.3, 0.4) is 0 Å². The molecule has 0 bridgehead atoms. The summed E-state index contributed by atoms with van der Waals surface area (Å²) in [4.78, 5) is 4.27. The van der Waals surface area contributed by atoms with Crippen molar-refractivity contribution in [1.82, 2.24) is 25.6 Å². The Labute approximate surface area is 84.8 Å². The molecular weight excluding hydrogens is 200 g/mol. The van der Waals surface area contributed by atoms with Gasteiger partial charge in [-0.3, -0.25) is 0 Å². The van der Waals surface area contributed by atoms with Crippen LogP contribution in [0.2, 0.25) is 0 Å². The molecule has 6 nitrogen and oxygen atoms in total. The number of hydrogen-bond acceptors (Lipinski definition) is 6. The van der Waals surface area contributed by atoms with Crippen molar-refractivity contribution in [2.24, 2.45) is 0 Å². The molecule has 0 saturated carbocycles. The highest BCUT2D eigenvalue weighted by Gasteiger charge is 1.99. The van der Waals surface area contributed by atoms with Crippen molar-refractivity contribution in [1.29, 1.82) is 0 Å². The number of aromatic amines is 1. The lowest BCUT2D eigenvalue weighted by molar-refractivity contribution is 0.881. The molecular formula is C7H10N6S. The summed E-state index contributed by atoms with van der Waals surface area (Å²) in [6.07, 6.45) is 0.745. The molecule has 0 amide bonds. The largest absolute Gasteiger partial charge is 0.361 e. The SMILES string of the molecule is Cc1csc(NCCc2nn[nH]n2)n1. The molecule has 0 unspecified atom stereocenters. The Kier molecular flexibility index (Phi) is 2.68. The summed E-state index contributed by atoms with van der Waals surface area (Å²) >= 11 is 1.60. The van der Waals surface area contributed by atoms with Gasteiger partial charge in [-0.15, -0.1) is 21.5 Å². The lowest BCUT2D eigenvalue weighted by atomic mass is 10.4. The zero-order valence-corrected chi connectivity index (χ0v) is 8.51. The zero-order chi connectivity index (χ0) is 9.80. The second-order valence-corrected chi connectivity index (χ2v) is 3.66. The molecule has 0 aliphatic rings. The first-order valence-electron chi connectivity index (χ1n) is 4.23. The zero-order valence-electron chi connectivity index (χ0n) is 7.69. The van der Waals surface area contributed by atoms with E-state index >= 15 is 0 Å². The van der Waals surface area contributed by atoms with Crippen molar-refractivity contribution in [2.75, 3.05) is 11.9 Å². The fraction of sp³-hybridized carbons (Fsp3) is 0.429. The van der Waals surface area contributed by atoms with E-state index in [1.54, 1.807) is 11.3 Å². The number of thiazole rings is 1. The number of aryl methyl sites for hydroxylation is 1. The van der Waals surface area contributed by atoms with Crippen LogP contribution in [0.25, 0.3) is 0 Å². The molecule has 7 heteroatoms. The minimum absolute atomic E-state index is 0.714. The van der Waals surface area contributed by atoms with Crippen molar-refractivity contribution < 1.29 is 0 Å². The second-order valence-electron chi connectivity index (χ2n) is 2.80. The summed E-state index contributed by atoms with van der Waals surface area (Å²) in [5.74, 6) is 0.714. The Hall–Kier alpha value is -1.50. The summed E-state index contributed by atoms with van der Waals surface area (Å²) in [5, 5.41) is 19.7. The third-order valence-corrected chi connectivity index (χ3v) is 2.55. The minimum Gasteiger partial charge on any atom is -0.361 e. The molecule has 0 aliphatic carbocycles. The van der Waals surface area contributed by atoms with E-state index in [-0.39, 0.29) is 0 Å². The maximum atomic E-state index is 4.27. The van der Waals surface area contributed by atoms with Crippen LogP contribution in [0.5, 0.6) is 0 Å². The second kappa shape index (κ2) is 4.14. The summed E-state index contributed by atoms with van der Waals surface area (Å²) in [6, 6.07) is 0. The lowest BCUT2D eigenvalue weighted by Crippen LogP contribution is -2.05. The van der Waals surface area contributed by atoms with Crippen LogP contribution < -0.4 is 5.32 Å². The van der Waals surface area contributed by atoms with E-state index in [2.05, 4.69) is 30.9 Å². The van der Waals surface area contributed by atoms with Crippen LogP contribution >= 0.6 is 11.3 Å². The molecule has 0 radical (unpaired) electrons. The number of hydrogen-bond donors (Lipinski definition) is 2. The maximum absolute atomic E-state index is 4.27. The molecule has 2 aromatic rings. The number of tetrazole rings is 1. The van der Waals surface area contributed by atoms with Gasteiger partial charge < -0.3 is 5.32 Å². The van der Waals surface area contributed by atoms with Crippen LogP contribution in [-0.2, 0) is 6.42 Å². The highest BCUT2D eigenvalue weighted by atomic mass is 32.1. The summed E-state index contributed by atoms with van der Waals surface area (Å²) in [7, 11) is 0. The van der Waals surface area contributed by atoms with E-state index in [1.807, 2.05) is 12.3 Å². The molecule has 2 heterocycles. The number of nitrogens with one attached hydrogen (secondary N) is 2. The number of rotatable bonds is 4. The summed E-state index contributed by atoms with van der Waals surface area (Å²) < 4.78 is 0. The maximum Gasteiger partial charge on any atom is 0.182 e. The first-order chi connectivity index (χ1) is 6.84. The third-order valence-electron chi connectivity index (χ3n) is 1.63. The average Bonchev–Trinajstić information content (AvgIpc) is 2.77. The van der Waals surface area contributed by atoms with Crippen LogP contribution in [0, 0.1) is 6.92 Å². The molecule has 0 fully saturated rings. The van der Waals surface area contributed by atoms with E-state index in [1.165, 1.54) is 0 Å². The normalized spacial score (nSPS) is 10.4. The quantitative estimate of drug-likeness (QED) is 0.773. The van der Waals surface area contributed by atoms with Gasteiger partial charge in [0, 0.05) is 18.3 Å². The highest BCUT2D eigenvalue weighted by molar-refractivity contribution is 7.13. The molecule has 2 rings (SSSR count). The van der Waals surface area contributed by atoms with Crippen molar-refractivity contribution in [3.05, 3.63) is 16.9 Å². The van der Waals surface area contributed by atoms with Gasteiger partial charge in [0.2, 0.25) is 0 Å². The Morgan fingerprint density at radius 3 is 3.14 bits per heavy atom. The van der Waals surface area contributed by atoms with E-state index in [0.717, 1.165) is 23.8 Å². The predicted molar refractivity (Wildman–Crippen MR) is 53.2 cm³/mol. The van der Waals surface area contributed by atoms with Crippen LogP contribution in [-0.4, -0.2) is 32.2 Å². The van der Waals surface area contributed by atoms with Crippen molar-refractivity contribution in [3.8, 4) is 0 Å². The predicted octanol–water partition coefficient (Wildman–Crippen LogP) is 0.619. The first kappa shape index (κ1) is 9.07. The van der Waals surface area contributed by atoms with Gasteiger partial charge in [-0.2, -0.15) is 5.21 Å². The number of anilines is 1.